The second-order valence-corrected chi connectivity index (χ2v) is 5.87. The molecule has 5 heteroatoms. The maximum atomic E-state index is 12.5. The number of hydrogen-bond donors (Lipinski definition) is 2. The maximum Gasteiger partial charge on any atom is 0.322 e. The molecule has 0 saturated carbocycles. The Morgan fingerprint density at radius 2 is 1.95 bits per heavy atom. The summed E-state index contributed by atoms with van der Waals surface area (Å²) < 4.78 is 0. The number of anilines is 1. The van der Waals surface area contributed by atoms with Gasteiger partial charge in [-0.2, -0.15) is 0 Å². The van der Waals surface area contributed by atoms with Gasteiger partial charge in [0.1, 0.15) is 5.75 Å². The average Bonchev–Trinajstić information content (AvgIpc) is 2.51. The van der Waals surface area contributed by atoms with E-state index in [-0.39, 0.29) is 16.8 Å². The van der Waals surface area contributed by atoms with Crippen molar-refractivity contribution in [3.63, 3.8) is 0 Å². The maximum absolute atomic E-state index is 12.5. The van der Waals surface area contributed by atoms with Crippen LogP contribution in [-0.2, 0) is 5.54 Å². The van der Waals surface area contributed by atoms with Crippen LogP contribution < -0.4 is 5.32 Å². The van der Waals surface area contributed by atoms with Crippen LogP contribution in [0.2, 0.25) is 5.02 Å². The second kappa shape index (κ2) is 5.21. The molecule has 4 nitrogen and oxygen atoms in total. The van der Waals surface area contributed by atoms with Gasteiger partial charge in [0, 0.05) is 18.2 Å². The molecular weight excluding hydrogens is 300 g/mol. The SMILES string of the molecule is CCN1C(=O)Nc2cc(O)c(Cl)cc2C1(C)c1ccccc1. The minimum Gasteiger partial charge on any atom is -0.506 e. The highest BCUT2D eigenvalue weighted by molar-refractivity contribution is 6.32. The van der Waals surface area contributed by atoms with Crippen molar-refractivity contribution in [3.8, 4) is 5.75 Å². The van der Waals surface area contributed by atoms with E-state index in [1.54, 1.807) is 11.0 Å². The zero-order chi connectivity index (χ0) is 15.9. The summed E-state index contributed by atoms with van der Waals surface area (Å²) in [5, 5.41) is 12.9. The highest BCUT2D eigenvalue weighted by Gasteiger charge is 2.43. The minimum absolute atomic E-state index is 0.0407. The summed E-state index contributed by atoms with van der Waals surface area (Å²) >= 11 is 6.11. The smallest absolute Gasteiger partial charge is 0.322 e. The molecule has 0 saturated heterocycles. The summed E-state index contributed by atoms with van der Waals surface area (Å²) in [6.45, 7) is 4.49. The van der Waals surface area contributed by atoms with E-state index >= 15 is 0 Å². The number of fused-ring (bicyclic) bond motifs is 1. The lowest BCUT2D eigenvalue weighted by Crippen LogP contribution is -2.53. The van der Waals surface area contributed by atoms with Gasteiger partial charge >= 0.3 is 6.03 Å². The fraction of sp³-hybridized carbons (Fsp3) is 0.235. The Balaban J connectivity index is 2.30. The van der Waals surface area contributed by atoms with Crippen LogP contribution in [0.4, 0.5) is 10.5 Å². The third kappa shape index (κ3) is 2.03. The Bertz CT molecular complexity index is 733. The normalized spacial score (nSPS) is 20.5. The number of rotatable bonds is 2. The zero-order valence-corrected chi connectivity index (χ0v) is 13.2. The molecule has 22 heavy (non-hydrogen) atoms. The number of carbonyl (C=O) groups excluding carboxylic acids is 1. The molecule has 0 aromatic heterocycles. The van der Waals surface area contributed by atoms with Gasteiger partial charge in [0.25, 0.3) is 0 Å². The summed E-state index contributed by atoms with van der Waals surface area (Å²) in [7, 11) is 0. The molecular formula is C17H17ClN2O2. The number of phenolic OH excluding ortho intramolecular Hbond substituents is 1. The summed E-state index contributed by atoms with van der Waals surface area (Å²) in [5.74, 6) is -0.0407. The molecule has 1 heterocycles. The summed E-state index contributed by atoms with van der Waals surface area (Å²) in [6, 6.07) is 12.9. The number of benzene rings is 2. The van der Waals surface area contributed by atoms with Crippen LogP contribution in [-0.4, -0.2) is 22.6 Å². The fourth-order valence-corrected chi connectivity index (χ4v) is 3.30. The molecule has 0 bridgehead atoms. The van der Waals surface area contributed by atoms with Crippen molar-refractivity contribution in [3.05, 3.63) is 58.6 Å². The molecule has 2 N–H and O–H groups in total. The molecule has 1 aliphatic rings. The first kappa shape index (κ1) is 14.7. The first-order chi connectivity index (χ1) is 10.5. The lowest BCUT2D eigenvalue weighted by Gasteiger charge is -2.46. The number of halogens is 1. The van der Waals surface area contributed by atoms with Crippen LogP contribution in [0.5, 0.6) is 5.75 Å². The van der Waals surface area contributed by atoms with Crippen LogP contribution in [0.15, 0.2) is 42.5 Å². The average molecular weight is 317 g/mol. The molecule has 1 atom stereocenters. The van der Waals surface area contributed by atoms with Crippen LogP contribution in [0.25, 0.3) is 0 Å². The molecule has 0 aliphatic carbocycles. The molecule has 2 aromatic carbocycles. The second-order valence-electron chi connectivity index (χ2n) is 5.46. The minimum atomic E-state index is -0.648. The predicted molar refractivity (Wildman–Crippen MR) is 87.4 cm³/mol. The number of urea groups is 1. The number of phenols is 1. The molecule has 0 spiro atoms. The highest BCUT2D eigenvalue weighted by atomic mass is 35.5. The summed E-state index contributed by atoms with van der Waals surface area (Å²) in [4.78, 5) is 14.2. The molecule has 1 unspecified atom stereocenters. The molecule has 2 amide bonds. The van der Waals surface area contributed by atoms with E-state index in [0.717, 1.165) is 11.1 Å². The van der Waals surface area contributed by atoms with E-state index < -0.39 is 5.54 Å². The Labute approximate surface area is 134 Å². The van der Waals surface area contributed by atoms with E-state index in [0.29, 0.717) is 12.2 Å². The summed E-state index contributed by atoms with van der Waals surface area (Å²) in [6.07, 6.45) is 0. The van der Waals surface area contributed by atoms with Gasteiger partial charge in [0.2, 0.25) is 0 Å². The van der Waals surface area contributed by atoms with Crippen LogP contribution in [0, 0.1) is 0 Å². The molecule has 2 aromatic rings. The third-order valence-corrected chi connectivity index (χ3v) is 4.59. The number of nitrogens with zero attached hydrogens (tertiary/aromatic N) is 1. The van der Waals surface area contributed by atoms with Crippen LogP contribution >= 0.6 is 11.6 Å². The first-order valence-electron chi connectivity index (χ1n) is 7.15. The van der Waals surface area contributed by atoms with Crippen molar-refractivity contribution in [2.45, 2.75) is 19.4 Å². The van der Waals surface area contributed by atoms with Gasteiger partial charge in [-0.05, 0) is 25.5 Å². The largest absolute Gasteiger partial charge is 0.506 e. The van der Waals surface area contributed by atoms with Crippen molar-refractivity contribution in [2.75, 3.05) is 11.9 Å². The van der Waals surface area contributed by atoms with Crippen molar-refractivity contribution >= 4 is 23.3 Å². The first-order valence-corrected chi connectivity index (χ1v) is 7.53. The lowest BCUT2D eigenvalue weighted by atomic mass is 9.80. The van der Waals surface area contributed by atoms with Gasteiger partial charge in [0.05, 0.1) is 16.2 Å². The molecule has 1 aliphatic heterocycles. The Hall–Kier alpha value is -2.20. The van der Waals surface area contributed by atoms with Gasteiger partial charge in [-0.1, -0.05) is 41.9 Å². The number of nitrogens with one attached hydrogen (secondary N) is 1. The van der Waals surface area contributed by atoms with Crippen molar-refractivity contribution in [2.24, 2.45) is 0 Å². The Morgan fingerprint density at radius 3 is 2.59 bits per heavy atom. The zero-order valence-electron chi connectivity index (χ0n) is 12.4. The van der Waals surface area contributed by atoms with E-state index in [2.05, 4.69) is 5.32 Å². The van der Waals surface area contributed by atoms with Crippen molar-refractivity contribution in [1.29, 1.82) is 0 Å². The topological polar surface area (TPSA) is 52.6 Å². The van der Waals surface area contributed by atoms with E-state index in [4.69, 9.17) is 11.6 Å². The van der Waals surface area contributed by atoms with Gasteiger partial charge < -0.3 is 15.3 Å². The molecule has 114 valence electrons. The van der Waals surface area contributed by atoms with Gasteiger partial charge in [-0.25, -0.2) is 4.79 Å². The number of amides is 2. The molecule has 0 radical (unpaired) electrons. The fourth-order valence-electron chi connectivity index (χ4n) is 3.13. The van der Waals surface area contributed by atoms with Gasteiger partial charge in [0.15, 0.2) is 0 Å². The highest BCUT2D eigenvalue weighted by Crippen LogP contribution is 2.45. The van der Waals surface area contributed by atoms with E-state index in [1.165, 1.54) is 6.07 Å². The third-order valence-electron chi connectivity index (χ3n) is 4.29. The number of carbonyl (C=O) groups is 1. The summed E-state index contributed by atoms with van der Waals surface area (Å²) in [5.41, 5.74) is 1.80. The number of aromatic hydroxyl groups is 1. The van der Waals surface area contributed by atoms with E-state index in [9.17, 15) is 9.90 Å². The molecule has 3 rings (SSSR count). The predicted octanol–water partition coefficient (Wildman–Crippen LogP) is 4.18. The van der Waals surface area contributed by atoms with Gasteiger partial charge in [-0.3, -0.25) is 0 Å². The number of hydrogen-bond acceptors (Lipinski definition) is 2. The van der Waals surface area contributed by atoms with Crippen LogP contribution in [0.3, 0.4) is 0 Å². The van der Waals surface area contributed by atoms with Crippen molar-refractivity contribution in [1.82, 2.24) is 4.90 Å². The standard InChI is InChI=1S/C17H17ClN2O2/c1-3-20-16(22)19-14-10-15(21)13(18)9-12(14)17(20,2)11-7-5-4-6-8-11/h4-10,21H,3H2,1-2H3,(H,19,22). The Kier molecular flexibility index (Phi) is 3.49. The monoisotopic (exact) mass is 316 g/mol. The molecule has 0 fully saturated rings. The lowest BCUT2D eigenvalue weighted by molar-refractivity contribution is 0.158. The van der Waals surface area contributed by atoms with Crippen LogP contribution in [0.1, 0.15) is 25.0 Å². The van der Waals surface area contributed by atoms with E-state index in [1.807, 2.05) is 44.2 Å². The Morgan fingerprint density at radius 1 is 1.27 bits per heavy atom. The van der Waals surface area contributed by atoms with Crippen molar-refractivity contribution < 1.29 is 9.90 Å². The quantitative estimate of drug-likeness (QED) is 0.873. The van der Waals surface area contributed by atoms with Gasteiger partial charge in [-0.15, -0.1) is 0 Å².